The first-order chi connectivity index (χ1) is 9.69. The van der Waals surface area contributed by atoms with Crippen LogP contribution in [0.3, 0.4) is 0 Å². The lowest BCUT2D eigenvalue weighted by molar-refractivity contribution is 0.305. The Labute approximate surface area is 122 Å². The molecule has 1 aromatic heterocycles. The van der Waals surface area contributed by atoms with Crippen LogP contribution in [0, 0.1) is 5.82 Å². The van der Waals surface area contributed by atoms with Gasteiger partial charge in [0.15, 0.2) is 0 Å². The van der Waals surface area contributed by atoms with E-state index < -0.39 is 0 Å². The van der Waals surface area contributed by atoms with Crippen LogP contribution in [0.2, 0.25) is 5.02 Å². The van der Waals surface area contributed by atoms with Gasteiger partial charge in [-0.1, -0.05) is 24.6 Å². The molecule has 106 valence electrons. The molecule has 5 heteroatoms. The molecule has 0 aliphatic carbocycles. The van der Waals surface area contributed by atoms with Gasteiger partial charge in [0.1, 0.15) is 24.0 Å². The number of benzene rings is 1. The molecule has 3 nitrogen and oxygen atoms in total. The molecule has 0 saturated carbocycles. The molecule has 0 fully saturated rings. The van der Waals surface area contributed by atoms with E-state index in [1.54, 1.807) is 6.20 Å². The quantitative estimate of drug-likeness (QED) is 0.863. The second-order valence-corrected chi connectivity index (χ2v) is 4.75. The summed E-state index contributed by atoms with van der Waals surface area (Å²) in [5.74, 6) is 0.923. The molecule has 20 heavy (non-hydrogen) atoms. The maximum absolute atomic E-state index is 12.9. The van der Waals surface area contributed by atoms with E-state index in [1.807, 2.05) is 12.1 Å². The Balaban J connectivity index is 1.93. The number of aromatic nitrogens is 1. The molecule has 2 aromatic rings. The SMILES string of the molecule is CCCNc1ccc(COc2ccc(F)cc2Cl)cn1. The molecule has 1 heterocycles. The number of hydrogen-bond acceptors (Lipinski definition) is 3. The van der Waals surface area contributed by atoms with Crippen molar-refractivity contribution < 1.29 is 9.13 Å². The molecule has 0 unspecified atom stereocenters. The van der Waals surface area contributed by atoms with Crippen LogP contribution in [-0.2, 0) is 6.61 Å². The molecular formula is C15H16ClFN2O. The van der Waals surface area contributed by atoms with E-state index in [0.717, 1.165) is 24.3 Å². The van der Waals surface area contributed by atoms with Crippen molar-refractivity contribution in [3.8, 4) is 5.75 Å². The average molecular weight is 295 g/mol. The fraction of sp³-hybridized carbons (Fsp3) is 0.267. The third-order valence-corrected chi connectivity index (χ3v) is 2.96. The second-order valence-electron chi connectivity index (χ2n) is 4.34. The van der Waals surface area contributed by atoms with E-state index in [9.17, 15) is 4.39 Å². The zero-order chi connectivity index (χ0) is 14.4. The number of hydrogen-bond donors (Lipinski definition) is 1. The summed E-state index contributed by atoms with van der Waals surface area (Å²) in [7, 11) is 0. The fourth-order valence-corrected chi connectivity index (χ4v) is 1.84. The minimum atomic E-state index is -0.379. The Morgan fingerprint density at radius 1 is 1.30 bits per heavy atom. The van der Waals surface area contributed by atoms with Gasteiger partial charge in [-0.15, -0.1) is 0 Å². The number of anilines is 1. The Morgan fingerprint density at radius 3 is 2.80 bits per heavy atom. The molecule has 0 atom stereocenters. The Bertz CT molecular complexity index is 560. The monoisotopic (exact) mass is 294 g/mol. The van der Waals surface area contributed by atoms with E-state index >= 15 is 0 Å². The summed E-state index contributed by atoms with van der Waals surface area (Å²) in [4.78, 5) is 4.28. The summed E-state index contributed by atoms with van der Waals surface area (Å²) in [6, 6.07) is 7.90. The van der Waals surface area contributed by atoms with Crippen molar-refractivity contribution in [3.63, 3.8) is 0 Å². The minimum absolute atomic E-state index is 0.263. The summed E-state index contributed by atoms with van der Waals surface area (Å²) in [6.45, 7) is 3.34. The first kappa shape index (κ1) is 14.6. The van der Waals surface area contributed by atoms with Crippen molar-refractivity contribution in [2.24, 2.45) is 0 Å². The number of nitrogens with one attached hydrogen (secondary N) is 1. The molecule has 0 saturated heterocycles. The van der Waals surface area contributed by atoms with Crippen LogP contribution in [-0.4, -0.2) is 11.5 Å². The Hall–Kier alpha value is -1.81. The molecule has 1 aromatic carbocycles. The van der Waals surface area contributed by atoms with E-state index in [1.165, 1.54) is 18.2 Å². The highest BCUT2D eigenvalue weighted by Crippen LogP contribution is 2.25. The Morgan fingerprint density at radius 2 is 2.15 bits per heavy atom. The third kappa shape index (κ3) is 4.10. The molecule has 0 radical (unpaired) electrons. The van der Waals surface area contributed by atoms with Gasteiger partial charge in [-0.2, -0.15) is 0 Å². The molecule has 0 amide bonds. The maximum atomic E-state index is 12.9. The Kier molecular flexibility index (Phi) is 5.18. The van der Waals surface area contributed by atoms with Gasteiger partial charge in [0.05, 0.1) is 5.02 Å². The summed E-state index contributed by atoms with van der Waals surface area (Å²) in [5.41, 5.74) is 0.924. The first-order valence-corrected chi connectivity index (χ1v) is 6.83. The number of ether oxygens (including phenoxy) is 1. The maximum Gasteiger partial charge on any atom is 0.138 e. The van der Waals surface area contributed by atoms with Crippen LogP contribution >= 0.6 is 11.6 Å². The zero-order valence-electron chi connectivity index (χ0n) is 11.2. The lowest BCUT2D eigenvalue weighted by Crippen LogP contribution is -2.02. The van der Waals surface area contributed by atoms with Crippen LogP contribution in [0.15, 0.2) is 36.5 Å². The number of pyridine rings is 1. The van der Waals surface area contributed by atoms with E-state index in [0.29, 0.717) is 12.4 Å². The van der Waals surface area contributed by atoms with Crippen LogP contribution in [0.25, 0.3) is 0 Å². The van der Waals surface area contributed by atoms with Crippen LogP contribution < -0.4 is 10.1 Å². The summed E-state index contributed by atoms with van der Waals surface area (Å²) < 4.78 is 18.4. The first-order valence-electron chi connectivity index (χ1n) is 6.45. The average Bonchev–Trinajstić information content (AvgIpc) is 2.45. The standard InChI is InChI=1S/C15H16ClFN2O/c1-2-7-18-15-6-3-11(9-19-15)10-20-14-5-4-12(17)8-13(14)16/h3-6,8-9H,2,7,10H2,1H3,(H,18,19). The predicted molar refractivity (Wildman–Crippen MR) is 78.8 cm³/mol. The largest absolute Gasteiger partial charge is 0.487 e. The molecule has 0 aliphatic rings. The lowest BCUT2D eigenvalue weighted by atomic mass is 10.3. The van der Waals surface area contributed by atoms with Crippen LogP contribution in [0.4, 0.5) is 10.2 Å². The molecule has 2 rings (SSSR count). The minimum Gasteiger partial charge on any atom is -0.487 e. The summed E-state index contributed by atoms with van der Waals surface area (Å²) >= 11 is 5.89. The van der Waals surface area contributed by atoms with E-state index in [-0.39, 0.29) is 10.8 Å². The van der Waals surface area contributed by atoms with Crippen molar-refractivity contribution in [1.82, 2.24) is 4.98 Å². The summed E-state index contributed by atoms with van der Waals surface area (Å²) in [6.07, 6.45) is 2.80. The van der Waals surface area contributed by atoms with Crippen molar-refractivity contribution in [2.45, 2.75) is 20.0 Å². The van der Waals surface area contributed by atoms with Gasteiger partial charge in [-0.05, 0) is 30.7 Å². The zero-order valence-corrected chi connectivity index (χ0v) is 12.0. The van der Waals surface area contributed by atoms with Gasteiger partial charge in [-0.3, -0.25) is 0 Å². The second kappa shape index (κ2) is 7.10. The molecular weight excluding hydrogens is 279 g/mol. The van der Waals surface area contributed by atoms with Gasteiger partial charge >= 0.3 is 0 Å². The normalized spacial score (nSPS) is 10.3. The highest BCUT2D eigenvalue weighted by atomic mass is 35.5. The van der Waals surface area contributed by atoms with Crippen LogP contribution in [0.1, 0.15) is 18.9 Å². The number of rotatable bonds is 6. The third-order valence-electron chi connectivity index (χ3n) is 2.67. The molecule has 0 spiro atoms. The van der Waals surface area contributed by atoms with E-state index in [4.69, 9.17) is 16.3 Å². The van der Waals surface area contributed by atoms with E-state index in [2.05, 4.69) is 17.2 Å². The van der Waals surface area contributed by atoms with Gasteiger partial charge < -0.3 is 10.1 Å². The van der Waals surface area contributed by atoms with Gasteiger partial charge in [0, 0.05) is 18.3 Å². The fourth-order valence-electron chi connectivity index (χ4n) is 1.62. The van der Waals surface area contributed by atoms with Gasteiger partial charge in [0.2, 0.25) is 0 Å². The van der Waals surface area contributed by atoms with Gasteiger partial charge in [-0.25, -0.2) is 9.37 Å². The molecule has 0 bridgehead atoms. The topological polar surface area (TPSA) is 34.1 Å². The highest BCUT2D eigenvalue weighted by Gasteiger charge is 2.04. The number of nitrogens with zero attached hydrogens (tertiary/aromatic N) is 1. The molecule has 0 aliphatic heterocycles. The van der Waals surface area contributed by atoms with Crippen molar-refractivity contribution in [3.05, 3.63) is 52.9 Å². The molecule has 1 N–H and O–H groups in total. The smallest absolute Gasteiger partial charge is 0.138 e. The van der Waals surface area contributed by atoms with Gasteiger partial charge in [0.25, 0.3) is 0 Å². The van der Waals surface area contributed by atoms with Crippen molar-refractivity contribution >= 4 is 17.4 Å². The van der Waals surface area contributed by atoms with Crippen molar-refractivity contribution in [1.29, 1.82) is 0 Å². The number of halogens is 2. The predicted octanol–water partition coefficient (Wildman–Crippen LogP) is 4.28. The summed E-state index contributed by atoms with van der Waals surface area (Å²) in [5, 5.41) is 3.46. The van der Waals surface area contributed by atoms with Crippen molar-refractivity contribution in [2.75, 3.05) is 11.9 Å². The highest BCUT2D eigenvalue weighted by molar-refractivity contribution is 6.32. The lowest BCUT2D eigenvalue weighted by Gasteiger charge is -2.09. The van der Waals surface area contributed by atoms with Crippen LogP contribution in [0.5, 0.6) is 5.75 Å².